The molecule has 1 aromatic carbocycles. The number of aryl methyl sites for hydroxylation is 1. The molecule has 3 heteroatoms. The van der Waals surface area contributed by atoms with E-state index in [1.807, 2.05) is 37.9 Å². The molecule has 1 atom stereocenters. The second-order valence-electron chi connectivity index (χ2n) is 2.57. The van der Waals surface area contributed by atoms with Gasteiger partial charge in [-0.05, 0) is 34.3 Å². The third-order valence-electron chi connectivity index (χ3n) is 1.54. The predicted molar refractivity (Wildman–Crippen MR) is 54.4 cm³/mol. The van der Waals surface area contributed by atoms with E-state index in [4.69, 9.17) is 0 Å². The van der Waals surface area contributed by atoms with Gasteiger partial charge in [0.25, 0.3) is 0 Å². The quantitative estimate of drug-likeness (QED) is 0.698. The van der Waals surface area contributed by atoms with E-state index in [2.05, 4.69) is 5.32 Å². The van der Waals surface area contributed by atoms with Crippen LogP contribution in [0.15, 0.2) is 24.3 Å². The van der Waals surface area contributed by atoms with Crippen LogP contribution in [0.25, 0.3) is 0 Å². The normalized spacial score (nSPS) is 10.5. The average Bonchev–Trinajstić information content (AvgIpc) is 2.09. The number of rotatable bonds is 2. The zero-order chi connectivity index (χ0) is 8.97. The first-order valence-corrected chi connectivity index (χ1v) is 5.28. The van der Waals surface area contributed by atoms with E-state index in [0.29, 0.717) is 8.58 Å². The van der Waals surface area contributed by atoms with Crippen LogP contribution in [0.3, 0.4) is 0 Å². The van der Waals surface area contributed by atoms with Gasteiger partial charge < -0.3 is 5.32 Å². The topological polar surface area (TPSA) is 29.1 Å². The van der Waals surface area contributed by atoms with E-state index in [1.165, 1.54) is 5.56 Å². The highest BCUT2D eigenvalue weighted by Gasteiger charge is 1.96. The summed E-state index contributed by atoms with van der Waals surface area (Å²) in [6.45, 7) is 3.89. The lowest BCUT2D eigenvalue weighted by Crippen LogP contribution is -2.01. The maximum absolute atomic E-state index is 11.0. The Balaban J connectivity index is 2.64. The van der Waals surface area contributed by atoms with Crippen molar-refractivity contribution in [2.75, 3.05) is 12.0 Å². The third kappa shape index (κ3) is 2.63. The maximum atomic E-state index is 11.0. The van der Waals surface area contributed by atoms with Crippen LogP contribution in [-0.4, -0.2) is 12.3 Å². The van der Waals surface area contributed by atoms with E-state index < -0.39 is 0 Å². The number of anilines is 1. The lowest BCUT2D eigenvalue weighted by molar-refractivity contribution is 0.269. The number of carbonyl (C=O) groups excluding carboxylic acids is 1. The van der Waals surface area contributed by atoms with Crippen LogP contribution in [0.4, 0.5) is 10.5 Å². The zero-order valence-electron chi connectivity index (χ0n) is 7.22. The highest BCUT2D eigenvalue weighted by molar-refractivity contribution is 7.57. The van der Waals surface area contributed by atoms with Gasteiger partial charge in [0.15, 0.2) is 0 Å². The molecule has 0 saturated carbocycles. The monoisotopic (exact) mass is 181 g/mol. The smallest absolute Gasteiger partial charge is 0.241 e. The fraction of sp³-hybridized carbons (Fsp3) is 0.222. The van der Waals surface area contributed by atoms with Crippen LogP contribution in [0.5, 0.6) is 0 Å². The van der Waals surface area contributed by atoms with E-state index in [1.54, 1.807) is 0 Å². The average molecular weight is 181 g/mol. The van der Waals surface area contributed by atoms with Gasteiger partial charge in [-0.15, -0.1) is 0 Å². The molecule has 0 radical (unpaired) electrons. The molecule has 12 heavy (non-hydrogen) atoms. The van der Waals surface area contributed by atoms with Gasteiger partial charge in [-0.2, -0.15) is 0 Å². The Morgan fingerprint density at radius 1 is 1.33 bits per heavy atom. The molecule has 1 N–H and O–H groups in total. The fourth-order valence-electron chi connectivity index (χ4n) is 0.830. The summed E-state index contributed by atoms with van der Waals surface area (Å²) in [7, 11) is 0.304. The summed E-state index contributed by atoms with van der Waals surface area (Å²) >= 11 is 0. The summed E-state index contributed by atoms with van der Waals surface area (Å²) < 4.78 is 0. The van der Waals surface area contributed by atoms with E-state index >= 15 is 0 Å². The minimum absolute atomic E-state index is 0.0823. The van der Waals surface area contributed by atoms with Gasteiger partial charge in [0.2, 0.25) is 5.65 Å². The maximum Gasteiger partial charge on any atom is 0.241 e. The van der Waals surface area contributed by atoms with Crippen molar-refractivity contribution >= 4 is 19.9 Å². The molecule has 64 valence electrons. The zero-order valence-corrected chi connectivity index (χ0v) is 8.22. The number of nitrogens with one attached hydrogen (secondary N) is 1. The molecule has 0 fully saturated rings. The summed E-state index contributed by atoms with van der Waals surface area (Å²) in [6.07, 6.45) is 0. The summed E-state index contributed by atoms with van der Waals surface area (Å²) in [4.78, 5) is 11.0. The molecule has 0 bridgehead atoms. The molecule has 0 heterocycles. The first-order valence-electron chi connectivity index (χ1n) is 3.78. The van der Waals surface area contributed by atoms with Crippen LogP contribution >= 0.6 is 8.58 Å². The third-order valence-corrected chi connectivity index (χ3v) is 2.12. The van der Waals surface area contributed by atoms with Crippen molar-refractivity contribution in [2.24, 2.45) is 0 Å². The number of carbonyl (C=O) groups is 1. The first kappa shape index (κ1) is 9.21. The van der Waals surface area contributed by atoms with E-state index in [-0.39, 0.29) is 5.65 Å². The molecular formula is C9H12NOP. The Labute approximate surface area is 74.2 Å². The molecule has 0 spiro atoms. The molecule has 1 aromatic rings. The molecule has 1 unspecified atom stereocenters. The molecule has 0 saturated heterocycles. The largest absolute Gasteiger partial charge is 0.323 e. The second kappa shape index (κ2) is 4.22. The molecular weight excluding hydrogens is 169 g/mol. The minimum Gasteiger partial charge on any atom is -0.323 e. The second-order valence-corrected chi connectivity index (χ2v) is 3.52. The van der Waals surface area contributed by atoms with Gasteiger partial charge in [0, 0.05) is 5.69 Å². The van der Waals surface area contributed by atoms with Crippen molar-refractivity contribution in [1.29, 1.82) is 0 Å². The van der Waals surface area contributed by atoms with E-state index in [0.717, 1.165) is 5.69 Å². The standard InChI is InChI=1S/C9H12NOP/c1-7-3-5-8(6-4-7)10-9(11)12-2/h3-6,12H,1-2H3,(H,10,11). The fourth-order valence-corrected chi connectivity index (χ4v) is 1.10. The Morgan fingerprint density at radius 2 is 1.92 bits per heavy atom. The van der Waals surface area contributed by atoms with Crippen molar-refractivity contribution in [3.8, 4) is 0 Å². The Kier molecular flexibility index (Phi) is 3.24. The summed E-state index contributed by atoms with van der Waals surface area (Å²) in [5.74, 6) is 0. The lowest BCUT2D eigenvalue weighted by Gasteiger charge is -2.02. The van der Waals surface area contributed by atoms with Gasteiger partial charge in [0.05, 0.1) is 0 Å². The van der Waals surface area contributed by atoms with Gasteiger partial charge in [-0.1, -0.05) is 17.7 Å². The molecule has 0 aliphatic rings. The lowest BCUT2D eigenvalue weighted by atomic mass is 10.2. The van der Waals surface area contributed by atoms with Crippen molar-refractivity contribution in [3.63, 3.8) is 0 Å². The molecule has 0 aliphatic carbocycles. The Bertz CT molecular complexity index is 268. The number of hydrogen-bond donors (Lipinski definition) is 1. The van der Waals surface area contributed by atoms with Crippen molar-refractivity contribution < 1.29 is 4.79 Å². The summed E-state index contributed by atoms with van der Waals surface area (Å²) in [5.41, 5.74) is 2.16. The number of benzene rings is 1. The molecule has 1 amide bonds. The van der Waals surface area contributed by atoms with Crippen LogP contribution in [-0.2, 0) is 0 Å². The van der Waals surface area contributed by atoms with Gasteiger partial charge in [0.1, 0.15) is 0 Å². The van der Waals surface area contributed by atoms with Gasteiger partial charge >= 0.3 is 0 Å². The van der Waals surface area contributed by atoms with Crippen LogP contribution in [0.1, 0.15) is 5.56 Å². The van der Waals surface area contributed by atoms with E-state index in [9.17, 15) is 4.79 Å². The number of amides is 1. The Morgan fingerprint density at radius 3 is 2.42 bits per heavy atom. The summed E-state index contributed by atoms with van der Waals surface area (Å²) in [6, 6.07) is 7.78. The van der Waals surface area contributed by atoms with Crippen LogP contribution in [0.2, 0.25) is 0 Å². The van der Waals surface area contributed by atoms with Crippen LogP contribution < -0.4 is 5.32 Å². The first-order chi connectivity index (χ1) is 5.72. The molecule has 0 aromatic heterocycles. The predicted octanol–water partition coefficient (Wildman–Crippen LogP) is 2.84. The molecule has 2 nitrogen and oxygen atoms in total. The van der Waals surface area contributed by atoms with Crippen LogP contribution in [0, 0.1) is 6.92 Å². The molecule has 1 rings (SSSR count). The highest BCUT2D eigenvalue weighted by Crippen LogP contribution is 2.13. The van der Waals surface area contributed by atoms with Crippen molar-refractivity contribution in [3.05, 3.63) is 29.8 Å². The Hall–Kier alpha value is -0.880. The van der Waals surface area contributed by atoms with Gasteiger partial charge in [-0.3, -0.25) is 4.79 Å². The van der Waals surface area contributed by atoms with Crippen molar-refractivity contribution in [1.82, 2.24) is 0 Å². The SMILES string of the molecule is CPC(=O)Nc1ccc(C)cc1. The highest BCUT2D eigenvalue weighted by atomic mass is 31.1. The van der Waals surface area contributed by atoms with Crippen molar-refractivity contribution in [2.45, 2.75) is 6.92 Å². The number of hydrogen-bond acceptors (Lipinski definition) is 1. The molecule has 0 aliphatic heterocycles. The van der Waals surface area contributed by atoms with Gasteiger partial charge in [-0.25, -0.2) is 0 Å². The minimum atomic E-state index is 0.0823. The summed E-state index contributed by atoms with van der Waals surface area (Å²) in [5, 5.41) is 2.79.